The van der Waals surface area contributed by atoms with Gasteiger partial charge >= 0.3 is 0 Å². The van der Waals surface area contributed by atoms with Gasteiger partial charge in [0.2, 0.25) is 5.91 Å². The average Bonchev–Trinajstić information content (AvgIpc) is 2.74. The quantitative estimate of drug-likeness (QED) is 0.709. The molecule has 0 bridgehead atoms. The van der Waals surface area contributed by atoms with Crippen LogP contribution in [0.4, 0.5) is 0 Å². The Labute approximate surface area is 100 Å². The Balaban J connectivity index is 2.00. The zero-order chi connectivity index (χ0) is 11.8. The smallest absolute Gasteiger partial charge is 0.221 e. The van der Waals surface area contributed by atoms with Gasteiger partial charge in [0, 0.05) is 37.6 Å². The molecule has 0 unspecified atom stereocenters. The zero-order valence-electron chi connectivity index (χ0n) is 9.82. The average molecular weight is 241 g/mol. The van der Waals surface area contributed by atoms with Crippen molar-refractivity contribution in [3.05, 3.63) is 16.6 Å². The molecule has 0 saturated carbocycles. The highest BCUT2D eigenvalue weighted by atomic mass is 32.1. The standard InChI is InChI=1S/C11H19N3OS/c1-9(2)7-14-10(15)3-4-12-8-11-13-5-6-16-11/h5-6,9,12H,3-4,7-8H2,1-2H3,(H,14,15). The predicted octanol–water partition coefficient (Wildman–Crippen LogP) is 1.39. The van der Waals surface area contributed by atoms with Crippen LogP contribution in [0, 0.1) is 5.92 Å². The van der Waals surface area contributed by atoms with Crippen LogP contribution in [0.15, 0.2) is 11.6 Å². The maximum atomic E-state index is 11.3. The number of aromatic nitrogens is 1. The van der Waals surface area contributed by atoms with E-state index >= 15 is 0 Å². The van der Waals surface area contributed by atoms with Gasteiger partial charge in [-0.1, -0.05) is 13.8 Å². The highest BCUT2D eigenvalue weighted by molar-refractivity contribution is 7.09. The lowest BCUT2D eigenvalue weighted by Gasteiger charge is -2.07. The number of thiazole rings is 1. The van der Waals surface area contributed by atoms with Crippen molar-refractivity contribution >= 4 is 17.2 Å². The van der Waals surface area contributed by atoms with Gasteiger partial charge in [0.05, 0.1) is 0 Å². The van der Waals surface area contributed by atoms with E-state index in [1.54, 1.807) is 17.5 Å². The molecule has 1 rings (SSSR count). The van der Waals surface area contributed by atoms with E-state index in [0.29, 0.717) is 18.9 Å². The summed E-state index contributed by atoms with van der Waals surface area (Å²) in [6, 6.07) is 0. The first-order chi connectivity index (χ1) is 7.68. The molecule has 0 aliphatic rings. The summed E-state index contributed by atoms with van der Waals surface area (Å²) >= 11 is 1.62. The zero-order valence-corrected chi connectivity index (χ0v) is 10.6. The van der Waals surface area contributed by atoms with Crippen molar-refractivity contribution in [2.24, 2.45) is 5.92 Å². The third-order valence-electron chi connectivity index (χ3n) is 2.00. The van der Waals surface area contributed by atoms with Gasteiger partial charge in [0.1, 0.15) is 5.01 Å². The molecule has 90 valence electrons. The topological polar surface area (TPSA) is 54.0 Å². The van der Waals surface area contributed by atoms with E-state index < -0.39 is 0 Å². The maximum Gasteiger partial charge on any atom is 0.221 e. The molecule has 0 spiro atoms. The summed E-state index contributed by atoms with van der Waals surface area (Å²) < 4.78 is 0. The van der Waals surface area contributed by atoms with Gasteiger partial charge in [0.15, 0.2) is 0 Å². The number of amides is 1. The molecule has 0 atom stereocenters. The second kappa shape index (κ2) is 7.35. The number of hydrogen-bond acceptors (Lipinski definition) is 4. The molecule has 0 aliphatic carbocycles. The molecule has 0 fully saturated rings. The van der Waals surface area contributed by atoms with E-state index in [1.165, 1.54) is 0 Å². The largest absolute Gasteiger partial charge is 0.356 e. The van der Waals surface area contributed by atoms with Crippen LogP contribution in [-0.4, -0.2) is 24.0 Å². The van der Waals surface area contributed by atoms with E-state index in [4.69, 9.17) is 0 Å². The number of carbonyl (C=O) groups is 1. The summed E-state index contributed by atoms with van der Waals surface area (Å²) in [6.07, 6.45) is 2.31. The van der Waals surface area contributed by atoms with E-state index in [-0.39, 0.29) is 5.91 Å². The minimum Gasteiger partial charge on any atom is -0.356 e. The monoisotopic (exact) mass is 241 g/mol. The third kappa shape index (κ3) is 5.82. The Hall–Kier alpha value is -0.940. The predicted molar refractivity (Wildman–Crippen MR) is 66.3 cm³/mol. The summed E-state index contributed by atoms with van der Waals surface area (Å²) in [7, 11) is 0. The Morgan fingerprint density at radius 3 is 3.00 bits per heavy atom. The molecule has 0 saturated heterocycles. The minimum atomic E-state index is 0.111. The fourth-order valence-corrected chi connectivity index (χ4v) is 1.73. The van der Waals surface area contributed by atoms with Crippen LogP contribution in [-0.2, 0) is 11.3 Å². The van der Waals surface area contributed by atoms with E-state index in [0.717, 1.165) is 18.1 Å². The first-order valence-electron chi connectivity index (χ1n) is 5.54. The van der Waals surface area contributed by atoms with Gasteiger partial charge in [-0.2, -0.15) is 0 Å². The molecule has 1 amide bonds. The van der Waals surface area contributed by atoms with Crippen molar-refractivity contribution in [2.45, 2.75) is 26.8 Å². The van der Waals surface area contributed by atoms with Crippen molar-refractivity contribution in [3.8, 4) is 0 Å². The maximum absolute atomic E-state index is 11.3. The van der Waals surface area contributed by atoms with Crippen molar-refractivity contribution in [3.63, 3.8) is 0 Å². The molecule has 1 heterocycles. The van der Waals surface area contributed by atoms with Crippen LogP contribution in [0.25, 0.3) is 0 Å². The lowest BCUT2D eigenvalue weighted by molar-refractivity contribution is -0.121. The van der Waals surface area contributed by atoms with Crippen LogP contribution in [0.2, 0.25) is 0 Å². The van der Waals surface area contributed by atoms with Crippen LogP contribution < -0.4 is 10.6 Å². The minimum absolute atomic E-state index is 0.111. The molecule has 1 aromatic heterocycles. The third-order valence-corrected chi connectivity index (χ3v) is 2.78. The molecule has 2 N–H and O–H groups in total. The number of hydrogen-bond donors (Lipinski definition) is 2. The van der Waals surface area contributed by atoms with Crippen molar-refractivity contribution in [2.75, 3.05) is 13.1 Å². The van der Waals surface area contributed by atoms with Crippen LogP contribution in [0.5, 0.6) is 0 Å². The summed E-state index contributed by atoms with van der Waals surface area (Å²) in [5, 5.41) is 9.09. The van der Waals surface area contributed by atoms with E-state index in [2.05, 4.69) is 29.5 Å². The van der Waals surface area contributed by atoms with Gasteiger partial charge in [-0.15, -0.1) is 11.3 Å². The summed E-state index contributed by atoms with van der Waals surface area (Å²) in [4.78, 5) is 15.5. The van der Waals surface area contributed by atoms with Gasteiger partial charge in [0.25, 0.3) is 0 Å². The van der Waals surface area contributed by atoms with Gasteiger partial charge in [-0.25, -0.2) is 4.98 Å². The van der Waals surface area contributed by atoms with Gasteiger partial charge < -0.3 is 10.6 Å². The van der Waals surface area contributed by atoms with Gasteiger partial charge in [-0.05, 0) is 5.92 Å². The first kappa shape index (κ1) is 13.1. The van der Waals surface area contributed by atoms with Crippen LogP contribution in [0.1, 0.15) is 25.3 Å². The lowest BCUT2D eigenvalue weighted by atomic mass is 10.2. The Morgan fingerprint density at radius 2 is 2.38 bits per heavy atom. The van der Waals surface area contributed by atoms with Crippen molar-refractivity contribution in [1.29, 1.82) is 0 Å². The highest BCUT2D eigenvalue weighted by Gasteiger charge is 2.02. The molecule has 1 aromatic rings. The molecule has 5 heteroatoms. The van der Waals surface area contributed by atoms with Crippen molar-refractivity contribution in [1.82, 2.24) is 15.6 Å². The number of rotatable bonds is 7. The number of nitrogens with one attached hydrogen (secondary N) is 2. The summed E-state index contributed by atoms with van der Waals surface area (Å²) in [5.74, 6) is 0.618. The molecule has 16 heavy (non-hydrogen) atoms. The molecule has 0 aliphatic heterocycles. The summed E-state index contributed by atoms with van der Waals surface area (Å²) in [6.45, 7) is 6.37. The molecule has 4 nitrogen and oxygen atoms in total. The number of carbonyl (C=O) groups excluding carboxylic acids is 1. The second-order valence-corrected chi connectivity index (χ2v) is 5.03. The van der Waals surface area contributed by atoms with E-state index in [1.807, 2.05) is 5.38 Å². The highest BCUT2D eigenvalue weighted by Crippen LogP contribution is 2.02. The molecular formula is C11H19N3OS. The first-order valence-corrected chi connectivity index (χ1v) is 6.42. The lowest BCUT2D eigenvalue weighted by Crippen LogP contribution is -2.30. The molecular weight excluding hydrogens is 222 g/mol. The Morgan fingerprint density at radius 1 is 1.56 bits per heavy atom. The number of nitrogens with zero attached hydrogens (tertiary/aromatic N) is 1. The van der Waals surface area contributed by atoms with Crippen LogP contribution >= 0.6 is 11.3 Å². The molecule has 0 radical (unpaired) electrons. The SMILES string of the molecule is CC(C)CNC(=O)CCNCc1nccs1. The van der Waals surface area contributed by atoms with Gasteiger partial charge in [-0.3, -0.25) is 4.79 Å². The second-order valence-electron chi connectivity index (χ2n) is 4.05. The van der Waals surface area contributed by atoms with Crippen molar-refractivity contribution < 1.29 is 4.79 Å². The molecule has 0 aromatic carbocycles. The fraction of sp³-hybridized carbons (Fsp3) is 0.636. The van der Waals surface area contributed by atoms with Crippen LogP contribution in [0.3, 0.4) is 0 Å². The fourth-order valence-electron chi connectivity index (χ4n) is 1.14. The summed E-state index contributed by atoms with van der Waals surface area (Å²) in [5.41, 5.74) is 0. The normalized spacial score (nSPS) is 10.7. The Kier molecular flexibility index (Phi) is 6.03. The Bertz CT molecular complexity index is 298. The van der Waals surface area contributed by atoms with E-state index in [9.17, 15) is 4.79 Å².